The number of nitrogens with one attached hydrogen (secondary N) is 2. The molecule has 0 atom stereocenters. The molecular weight excluding hydrogens is 312 g/mol. The SMILES string of the molecule is Nc1ccc(C(=O)Nc2ccc(C(=O)NCC(=O)O)cc2)cc1N. The van der Waals surface area contributed by atoms with Crippen molar-refractivity contribution in [2.75, 3.05) is 23.3 Å². The van der Waals surface area contributed by atoms with Crippen molar-refractivity contribution in [3.05, 3.63) is 53.6 Å². The van der Waals surface area contributed by atoms with Crippen LogP contribution in [0.25, 0.3) is 0 Å². The normalized spacial score (nSPS) is 10.0. The summed E-state index contributed by atoms with van der Waals surface area (Å²) in [4.78, 5) is 34.2. The molecule has 24 heavy (non-hydrogen) atoms. The lowest BCUT2D eigenvalue weighted by Crippen LogP contribution is -2.29. The number of carboxylic acid groups (broad SMARTS) is 1. The number of aliphatic carboxylic acids is 1. The smallest absolute Gasteiger partial charge is 0.322 e. The van der Waals surface area contributed by atoms with Crippen LogP contribution in [0.5, 0.6) is 0 Å². The largest absolute Gasteiger partial charge is 0.480 e. The Bertz CT molecular complexity index is 787. The summed E-state index contributed by atoms with van der Waals surface area (Å²) in [7, 11) is 0. The first-order valence-electron chi connectivity index (χ1n) is 6.93. The molecule has 0 fully saturated rings. The molecule has 7 N–H and O–H groups in total. The number of nitrogens with two attached hydrogens (primary N) is 2. The average molecular weight is 328 g/mol. The number of carbonyl (C=O) groups excluding carboxylic acids is 2. The summed E-state index contributed by atoms with van der Waals surface area (Å²) in [5, 5.41) is 13.4. The molecule has 0 unspecified atom stereocenters. The van der Waals surface area contributed by atoms with Gasteiger partial charge in [-0.15, -0.1) is 0 Å². The topological polar surface area (TPSA) is 148 Å². The van der Waals surface area contributed by atoms with E-state index in [2.05, 4.69) is 10.6 Å². The number of benzene rings is 2. The Kier molecular flexibility index (Phi) is 5.00. The molecule has 2 aromatic carbocycles. The van der Waals surface area contributed by atoms with E-state index < -0.39 is 18.4 Å². The highest BCUT2D eigenvalue weighted by Crippen LogP contribution is 2.17. The molecular formula is C16H16N4O4. The van der Waals surface area contributed by atoms with E-state index in [4.69, 9.17) is 16.6 Å². The predicted octanol–water partition coefficient (Wildman–Crippen LogP) is 0.918. The van der Waals surface area contributed by atoms with E-state index in [-0.39, 0.29) is 11.5 Å². The van der Waals surface area contributed by atoms with Gasteiger partial charge in [0.15, 0.2) is 0 Å². The van der Waals surface area contributed by atoms with Crippen LogP contribution < -0.4 is 22.1 Å². The summed E-state index contributed by atoms with van der Waals surface area (Å²) in [5.74, 6) is -2.01. The van der Waals surface area contributed by atoms with Crippen LogP contribution in [0.1, 0.15) is 20.7 Å². The molecule has 0 radical (unpaired) electrons. The number of carbonyl (C=O) groups is 3. The van der Waals surface area contributed by atoms with Gasteiger partial charge in [0.25, 0.3) is 11.8 Å². The van der Waals surface area contributed by atoms with Crippen molar-refractivity contribution < 1.29 is 19.5 Å². The van der Waals surface area contributed by atoms with Crippen LogP contribution in [0, 0.1) is 0 Å². The molecule has 0 heterocycles. The summed E-state index contributed by atoms with van der Waals surface area (Å²) in [6, 6.07) is 10.6. The van der Waals surface area contributed by atoms with Gasteiger partial charge in [0.05, 0.1) is 11.4 Å². The van der Waals surface area contributed by atoms with Gasteiger partial charge in [-0.1, -0.05) is 0 Å². The van der Waals surface area contributed by atoms with Crippen molar-refractivity contribution in [1.82, 2.24) is 5.32 Å². The van der Waals surface area contributed by atoms with Crippen molar-refractivity contribution in [3.8, 4) is 0 Å². The molecule has 0 saturated heterocycles. The molecule has 8 nitrogen and oxygen atoms in total. The van der Waals surface area contributed by atoms with Crippen molar-refractivity contribution >= 4 is 34.8 Å². The second-order valence-electron chi connectivity index (χ2n) is 4.95. The first-order valence-corrected chi connectivity index (χ1v) is 6.93. The van der Waals surface area contributed by atoms with Gasteiger partial charge < -0.3 is 27.2 Å². The van der Waals surface area contributed by atoms with Crippen LogP contribution in [0.15, 0.2) is 42.5 Å². The highest BCUT2D eigenvalue weighted by molar-refractivity contribution is 6.05. The summed E-state index contributed by atoms with van der Waals surface area (Å²) < 4.78 is 0. The molecule has 0 spiro atoms. The fourth-order valence-electron chi connectivity index (χ4n) is 1.88. The van der Waals surface area contributed by atoms with E-state index in [0.717, 1.165) is 0 Å². The molecule has 0 aliphatic rings. The number of nitrogen functional groups attached to an aromatic ring is 2. The number of hydrogen-bond acceptors (Lipinski definition) is 5. The maximum atomic E-state index is 12.1. The summed E-state index contributed by atoms with van der Waals surface area (Å²) >= 11 is 0. The molecule has 2 aromatic rings. The lowest BCUT2D eigenvalue weighted by molar-refractivity contribution is -0.135. The van der Waals surface area contributed by atoms with E-state index >= 15 is 0 Å². The first-order chi connectivity index (χ1) is 11.4. The molecule has 8 heteroatoms. The van der Waals surface area contributed by atoms with Gasteiger partial charge in [-0.05, 0) is 42.5 Å². The summed E-state index contributed by atoms with van der Waals surface area (Å²) in [5.41, 5.74) is 13.1. The Morgan fingerprint density at radius 1 is 0.875 bits per heavy atom. The fraction of sp³-hybridized carbons (Fsp3) is 0.0625. The molecule has 2 rings (SSSR count). The predicted molar refractivity (Wildman–Crippen MR) is 89.6 cm³/mol. The minimum atomic E-state index is -1.13. The summed E-state index contributed by atoms with van der Waals surface area (Å²) in [6.07, 6.45) is 0. The third kappa shape index (κ3) is 4.23. The zero-order valence-corrected chi connectivity index (χ0v) is 12.6. The van der Waals surface area contributed by atoms with Gasteiger partial charge in [-0.25, -0.2) is 0 Å². The third-order valence-electron chi connectivity index (χ3n) is 3.15. The molecule has 2 amide bonds. The monoisotopic (exact) mass is 328 g/mol. The Morgan fingerprint density at radius 2 is 1.50 bits per heavy atom. The van der Waals surface area contributed by atoms with E-state index in [1.807, 2.05) is 0 Å². The molecule has 0 aromatic heterocycles. The van der Waals surface area contributed by atoms with Crippen LogP contribution in [0.4, 0.5) is 17.1 Å². The molecule has 0 bridgehead atoms. The second kappa shape index (κ2) is 7.14. The number of carboxylic acids is 1. The molecule has 0 aliphatic carbocycles. The number of rotatable bonds is 5. The van der Waals surface area contributed by atoms with E-state index in [0.29, 0.717) is 22.6 Å². The molecule has 124 valence electrons. The zero-order valence-electron chi connectivity index (χ0n) is 12.6. The maximum Gasteiger partial charge on any atom is 0.322 e. The zero-order chi connectivity index (χ0) is 17.7. The number of hydrogen-bond donors (Lipinski definition) is 5. The summed E-state index contributed by atoms with van der Waals surface area (Å²) in [6.45, 7) is -0.462. The van der Waals surface area contributed by atoms with Crippen LogP contribution in [0.3, 0.4) is 0 Å². The van der Waals surface area contributed by atoms with Crippen LogP contribution in [-0.2, 0) is 4.79 Å². The lowest BCUT2D eigenvalue weighted by atomic mass is 10.1. The maximum absolute atomic E-state index is 12.1. The number of amides is 2. The highest BCUT2D eigenvalue weighted by Gasteiger charge is 2.10. The van der Waals surface area contributed by atoms with Gasteiger partial charge in [0.1, 0.15) is 6.54 Å². The van der Waals surface area contributed by atoms with E-state index in [9.17, 15) is 14.4 Å². The van der Waals surface area contributed by atoms with Gasteiger partial charge in [0, 0.05) is 16.8 Å². The van der Waals surface area contributed by atoms with Crippen molar-refractivity contribution in [2.45, 2.75) is 0 Å². The highest BCUT2D eigenvalue weighted by atomic mass is 16.4. The minimum absolute atomic E-state index is 0.283. The van der Waals surface area contributed by atoms with Crippen LogP contribution >= 0.6 is 0 Å². The van der Waals surface area contributed by atoms with Gasteiger partial charge in [-0.3, -0.25) is 14.4 Å². The first kappa shape index (κ1) is 16.8. The van der Waals surface area contributed by atoms with Gasteiger partial charge >= 0.3 is 5.97 Å². The van der Waals surface area contributed by atoms with Crippen molar-refractivity contribution in [1.29, 1.82) is 0 Å². The molecule has 0 saturated carbocycles. The van der Waals surface area contributed by atoms with Crippen LogP contribution in [-0.4, -0.2) is 29.4 Å². The third-order valence-corrected chi connectivity index (χ3v) is 3.15. The lowest BCUT2D eigenvalue weighted by Gasteiger charge is -2.08. The van der Waals surface area contributed by atoms with Gasteiger partial charge in [0.2, 0.25) is 0 Å². The Labute approximate surface area is 137 Å². The van der Waals surface area contributed by atoms with Crippen molar-refractivity contribution in [3.63, 3.8) is 0 Å². The minimum Gasteiger partial charge on any atom is -0.480 e. The Morgan fingerprint density at radius 3 is 2.08 bits per heavy atom. The Hall–Kier alpha value is -3.55. The Balaban J connectivity index is 2.03. The molecule has 0 aliphatic heterocycles. The standard InChI is InChI=1S/C16H16N4O4/c17-12-6-3-10(7-13(12)18)16(24)20-11-4-1-9(2-5-11)15(23)19-8-14(21)22/h1-7H,8,17-18H2,(H,19,23)(H,20,24)(H,21,22). The van der Waals surface area contributed by atoms with Crippen molar-refractivity contribution in [2.24, 2.45) is 0 Å². The quantitative estimate of drug-likeness (QED) is 0.515. The average Bonchev–Trinajstić information content (AvgIpc) is 2.55. The second-order valence-corrected chi connectivity index (χ2v) is 4.95. The van der Waals surface area contributed by atoms with Crippen LogP contribution in [0.2, 0.25) is 0 Å². The van der Waals surface area contributed by atoms with E-state index in [1.54, 1.807) is 12.1 Å². The fourth-order valence-corrected chi connectivity index (χ4v) is 1.88. The van der Waals surface area contributed by atoms with E-state index in [1.165, 1.54) is 30.3 Å². The van der Waals surface area contributed by atoms with Gasteiger partial charge in [-0.2, -0.15) is 0 Å². The number of anilines is 3.